The predicted molar refractivity (Wildman–Crippen MR) is 46.0 cm³/mol. The van der Waals surface area contributed by atoms with Gasteiger partial charge >= 0.3 is 0 Å². The van der Waals surface area contributed by atoms with Crippen LogP contribution >= 0.6 is 0 Å². The van der Waals surface area contributed by atoms with Crippen LogP contribution < -0.4 is 0 Å². The molecule has 2 unspecified atom stereocenters. The molecule has 0 aromatic heterocycles. The van der Waals surface area contributed by atoms with Crippen molar-refractivity contribution in [1.82, 2.24) is 0 Å². The number of aliphatic hydroxyl groups excluding tert-OH is 1. The maximum absolute atomic E-state index is 9.36. The zero-order chi connectivity index (χ0) is 8.27. The molecule has 11 heavy (non-hydrogen) atoms. The molecule has 0 amide bonds. The largest absolute Gasteiger partial charge is 0.380 e. The monoisotopic (exact) mass is 152 g/mol. The first-order chi connectivity index (χ1) is 5.24. The fourth-order valence-electron chi connectivity index (χ4n) is 1.90. The van der Waals surface area contributed by atoms with Gasteiger partial charge in [-0.1, -0.05) is 25.7 Å². The van der Waals surface area contributed by atoms with Crippen LogP contribution in [-0.4, -0.2) is 11.2 Å². The molecule has 0 aromatic carbocycles. The van der Waals surface area contributed by atoms with Crippen molar-refractivity contribution in [3.05, 3.63) is 0 Å². The zero-order valence-electron chi connectivity index (χ0n) is 7.09. The fraction of sp³-hybridized carbons (Fsp3) is 0.800. The van der Waals surface area contributed by atoms with Gasteiger partial charge in [0.15, 0.2) is 0 Å². The quantitative estimate of drug-likeness (QED) is 0.568. The van der Waals surface area contributed by atoms with Crippen molar-refractivity contribution >= 4 is 0 Å². The van der Waals surface area contributed by atoms with Crippen LogP contribution in [0.25, 0.3) is 0 Å². The highest BCUT2D eigenvalue weighted by Crippen LogP contribution is 2.30. The Kier molecular flexibility index (Phi) is 2.96. The summed E-state index contributed by atoms with van der Waals surface area (Å²) in [6.45, 7) is 2.23. The minimum absolute atomic E-state index is 0.365. The summed E-state index contributed by atoms with van der Waals surface area (Å²) in [5.74, 6) is 3.52. The van der Waals surface area contributed by atoms with Crippen LogP contribution in [0.1, 0.15) is 32.6 Å². The molecular weight excluding hydrogens is 136 g/mol. The van der Waals surface area contributed by atoms with Gasteiger partial charge in [0.25, 0.3) is 0 Å². The maximum atomic E-state index is 9.36. The summed E-state index contributed by atoms with van der Waals surface area (Å²) in [7, 11) is 0. The Hall–Kier alpha value is -0.480. The number of hydrogen-bond donors (Lipinski definition) is 1. The number of terminal acetylenes is 1. The molecule has 1 nitrogen and oxygen atoms in total. The van der Waals surface area contributed by atoms with E-state index in [0.29, 0.717) is 5.92 Å². The predicted octanol–water partition coefficient (Wildman–Crippen LogP) is 1.81. The van der Waals surface area contributed by atoms with Gasteiger partial charge in [-0.2, -0.15) is 0 Å². The van der Waals surface area contributed by atoms with Gasteiger partial charge in [-0.05, 0) is 24.7 Å². The average molecular weight is 152 g/mol. The first kappa shape index (κ1) is 8.62. The number of rotatable bonds is 1. The second kappa shape index (κ2) is 3.78. The molecule has 1 aliphatic carbocycles. The second-order valence-electron chi connectivity index (χ2n) is 3.64. The van der Waals surface area contributed by atoms with Gasteiger partial charge in [0.1, 0.15) is 6.10 Å². The van der Waals surface area contributed by atoms with Gasteiger partial charge in [-0.3, -0.25) is 0 Å². The highest BCUT2D eigenvalue weighted by molar-refractivity contribution is 4.97. The Labute approximate surface area is 68.8 Å². The van der Waals surface area contributed by atoms with E-state index in [1.165, 1.54) is 12.8 Å². The lowest BCUT2D eigenvalue weighted by molar-refractivity contribution is 0.116. The van der Waals surface area contributed by atoms with Crippen LogP contribution in [0, 0.1) is 24.2 Å². The second-order valence-corrected chi connectivity index (χ2v) is 3.64. The number of aliphatic hydroxyl groups is 1. The molecule has 0 aromatic rings. The molecule has 0 heterocycles. The molecule has 1 rings (SSSR count). The molecule has 1 fully saturated rings. The summed E-state index contributed by atoms with van der Waals surface area (Å²) in [6.07, 6.45) is 9.38. The minimum atomic E-state index is -0.502. The third kappa shape index (κ3) is 2.24. The lowest BCUT2D eigenvalue weighted by Crippen LogP contribution is -2.24. The van der Waals surface area contributed by atoms with Crippen molar-refractivity contribution in [3.8, 4) is 12.3 Å². The standard InChI is InChI=1S/C10H16O/c1-3-10(11)9-6-4-5-8(2)7-9/h1,8-11H,4-7H2,2H3/t8?,9?,10-/m0/s1. The summed E-state index contributed by atoms with van der Waals surface area (Å²) in [6, 6.07) is 0. The van der Waals surface area contributed by atoms with E-state index >= 15 is 0 Å². The Morgan fingerprint density at radius 1 is 1.55 bits per heavy atom. The van der Waals surface area contributed by atoms with Crippen LogP contribution in [0.5, 0.6) is 0 Å². The Balaban J connectivity index is 2.40. The van der Waals surface area contributed by atoms with Gasteiger partial charge in [0.2, 0.25) is 0 Å². The lowest BCUT2D eigenvalue weighted by atomic mass is 9.80. The van der Waals surface area contributed by atoms with Crippen molar-refractivity contribution < 1.29 is 5.11 Å². The van der Waals surface area contributed by atoms with Gasteiger partial charge in [0.05, 0.1) is 0 Å². The molecule has 1 saturated carbocycles. The molecule has 3 atom stereocenters. The molecule has 0 saturated heterocycles. The summed E-state index contributed by atoms with van der Waals surface area (Å²) in [4.78, 5) is 0. The molecule has 0 spiro atoms. The average Bonchev–Trinajstić information content (AvgIpc) is 2.03. The van der Waals surface area contributed by atoms with Crippen LogP contribution in [0.15, 0.2) is 0 Å². The maximum Gasteiger partial charge on any atom is 0.117 e. The van der Waals surface area contributed by atoms with E-state index in [2.05, 4.69) is 12.8 Å². The first-order valence-corrected chi connectivity index (χ1v) is 4.38. The normalized spacial score (nSPS) is 34.3. The summed E-state index contributed by atoms with van der Waals surface area (Å²) >= 11 is 0. The van der Waals surface area contributed by atoms with Crippen molar-refractivity contribution in [1.29, 1.82) is 0 Å². The smallest absolute Gasteiger partial charge is 0.117 e. The molecule has 1 N–H and O–H groups in total. The summed E-state index contributed by atoms with van der Waals surface area (Å²) in [5.41, 5.74) is 0. The molecule has 62 valence electrons. The van der Waals surface area contributed by atoms with Crippen LogP contribution in [0.3, 0.4) is 0 Å². The van der Waals surface area contributed by atoms with E-state index < -0.39 is 6.10 Å². The number of hydrogen-bond acceptors (Lipinski definition) is 1. The van der Waals surface area contributed by atoms with Crippen LogP contribution in [-0.2, 0) is 0 Å². The Bertz CT molecular complexity index is 157. The Morgan fingerprint density at radius 2 is 2.27 bits per heavy atom. The summed E-state index contributed by atoms with van der Waals surface area (Å²) < 4.78 is 0. The first-order valence-electron chi connectivity index (χ1n) is 4.38. The molecule has 1 heteroatoms. The molecule has 0 radical (unpaired) electrons. The van der Waals surface area contributed by atoms with E-state index in [1.807, 2.05) is 0 Å². The van der Waals surface area contributed by atoms with Crippen molar-refractivity contribution in [2.24, 2.45) is 11.8 Å². The molecular formula is C10H16O. The van der Waals surface area contributed by atoms with Crippen molar-refractivity contribution in [2.45, 2.75) is 38.7 Å². The van der Waals surface area contributed by atoms with E-state index in [4.69, 9.17) is 6.42 Å². The van der Waals surface area contributed by atoms with Crippen molar-refractivity contribution in [2.75, 3.05) is 0 Å². The van der Waals surface area contributed by atoms with Gasteiger partial charge < -0.3 is 5.11 Å². The van der Waals surface area contributed by atoms with E-state index in [1.54, 1.807) is 0 Å². The third-order valence-corrected chi connectivity index (χ3v) is 2.59. The van der Waals surface area contributed by atoms with Gasteiger partial charge in [-0.25, -0.2) is 0 Å². The van der Waals surface area contributed by atoms with Gasteiger partial charge in [0, 0.05) is 0 Å². The summed E-state index contributed by atoms with van der Waals surface area (Å²) in [5, 5.41) is 9.36. The topological polar surface area (TPSA) is 20.2 Å². The highest BCUT2D eigenvalue weighted by Gasteiger charge is 2.23. The fourth-order valence-corrected chi connectivity index (χ4v) is 1.90. The third-order valence-electron chi connectivity index (χ3n) is 2.59. The van der Waals surface area contributed by atoms with Crippen LogP contribution in [0.4, 0.5) is 0 Å². The van der Waals surface area contributed by atoms with Crippen molar-refractivity contribution in [3.63, 3.8) is 0 Å². The lowest BCUT2D eigenvalue weighted by Gasteiger charge is -2.27. The van der Waals surface area contributed by atoms with E-state index in [9.17, 15) is 5.11 Å². The van der Waals surface area contributed by atoms with Gasteiger partial charge in [-0.15, -0.1) is 6.42 Å². The molecule has 0 bridgehead atoms. The molecule has 0 aliphatic heterocycles. The minimum Gasteiger partial charge on any atom is -0.380 e. The highest BCUT2D eigenvalue weighted by atomic mass is 16.3. The van der Waals surface area contributed by atoms with Crippen LogP contribution in [0.2, 0.25) is 0 Å². The van der Waals surface area contributed by atoms with E-state index in [0.717, 1.165) is 18.8 Å². The molecule has 1 aliphatic rings. The Morgan fingerprint density at radius 3 is 2.82 bits per heavy atom. The van der Waals surface area contributed by atoms with E-state index in [-0.39, 0.29) is 0 Å². The SMILES string of the molecule is C#C[C@H](O)C1CCCC(C)C1. The zero-order valence-corrected chi connectivity index (χ0v) is 7.09.